The summed E-state index contributed by atoms with van der Waals surface area (Å²) < 4.78 is 2.07. The topological polar surface area (TPSA) is 106 Å². The molecular weight excluding hydrogens is 500 g/mol. The van der Waals surface area contributed by atoms with Gasteiger partial charge in [0.1, 0.15) is 24.1 Å². The summed E-state index contributed by atoms with van der Waals surface area (Å²) in [6, 6.07) is 16.2. The van der Waals surface area contributed by atoms with Gasteiger partial charge >= 0.3 is 0 Å². The van der Waals surface area contributed by atoms with Crippen molar-refractivity contribution in [2.75, 3.05) is 31.2 Å². The van der Waals surface area contributed by atoms with E-state index in [2.05, 4.69) is 50.7 Å². The van der Waals surface area contributed by atoms with Crippen molar-refractivity contribution in [2.45, 2.75) is 32.6 Å². The highest BCUT2D eigenvalue weighted by Gasteiger charge is 2.45. The Morgan fingerprint density at radius 1 is 1.00 bits per heavy atom. The van der Waals surface area contributed by atoms with Gasteiger partial charge < -0.3 is 20.5 Å². The van der Waals surface area contributed by atoms with Gasteiger partial charge in [-0.3, -0.25) is 9.59 Å². The third-order valence-corrected chi connectivity index (χ3v) is 8.13. The molecule has 3 N–H and O–H groups in total. The molecule has 1 aliphatic carbocycles. The van der Waals surface area contributed by atoms with E-state index in [-0.39, 0.29) is 5.91 Å². The van der Waals surface area contributed by atoms with E-state index < -0.39 is 0 Å². The van der Waals surface area contributed by atoms with Crippen LogP contribution in [0.5, 0.6) is 0 Å². The molecular formula is C32H36N6O2. The first-order valence-electron chi connectivity index (χ1n) is 13.6. The van der Waals surface area contributed by atoms with Crippen LogP contribution in [0.25, 0.3) is 33.4 Å². The number of nitrogen functional groups attached to an aromatic ring is 1. The van der Waals surface area contributed by atoms with Crippen molar-refractivity contribution in [3.63, 3.8) is 0 Å². The minimum atomic E-state index is 0.121. The maximum atomic E-state index is 13.2. The lowest BCUT2D eigenvalue weighted by Crippen LogP contribution is -2.39. The predicted molar refractivity (Wildman–Crippen MR) is 161 cm³/mol. The summed E-state index contributed by atoms with van der Waals surface area (Å²) in [4.78, 5) is 33.4. The van der Waals surface area contributed by atoms with Gasteiger partial charge in [-0.15, -0.1) is 0 Å². The van der Waals surface area contributed by atoms with E-state index in [4.69, 9.17) is 5.73 Å². The number of rotatable bonds is 5. The summed E-state index contributed by atoms with van der Waals surface area (Å²) in [5, 5.41) is 4.00. The van der Waals surface area contributed by atoms with E-state index in [1.165, 1.54) is 19.2 Å². The van der Waals surface area contributed by atoms with Gasteiger partial charge in [0.25, 0.3) is 5.91 Å². The zero-order valence-electron chi connectivity index (χ0n) is 23.4. The van der Waals surface area contributed by atoms with Crippen LogP contribution in [0.15, 0.2) is 67.0 Å². The highest BCUT2D eigenvalue weighted by Crippen LogP contribution is 2.53. The van der Waals surface area contributed by atoms with Crippen LogP contribution in [-0.2, 0) is 11.8 Å². The van der Waals surface area contributed by atoms with Gasteiger partial charge in [-0.05, 0) is 79.0 Å². The Morgan fingerprint density at radius 3 is 2.15 bits per heavy atom. The van der Waals surface area contributed by atoms with Crippen molar-refractivity contribution in [1.82, 2.24) is 19.4 Å². The second-order valence-electron chi connectivity index (χ2n) is 10.9. The number of hydrogen-bond donors (Lipinski definition) is 2. The van der Waals surface area contributed by atoms with Gasteiger partial charge in [-0.25, -0.2) is 9.97 Å². The smallest absolute Gasteiger partial charge is 0.253 e. The SMILES string of the molecule is C=C(C)C=O.CNc1ccc(-c2c(-c3ccc(C(=O)N4CCC5(CC4)CC5)cc3)c3c(N)ncnc3n2C)cc1. The van der Waals surface area contributed by atoms with Crippen LogP contribution < -0.4 is 11.1 Å². The number of fused-ring (bicyclic) bond motifs is 1. The number of nitrogens with zero attached hydrogens (tertiary/aromatic N) is 4. The van der Waals surface area contributed by atoms with Crippen LogP contribution in [0.2, 0.25) is 0 Å². The molecule has 1 amide bonds. The summed E-state index contributed by atoms with van der Waals surface area (Å²) >= 11 is 0. The molecule has 40 heavy (non-hydrogen) atoms. The number of carbonyl (C=O) groups is 2. The molecule has 1 saturated heterocycles. The molecule has 0 radical (unpaired) electrons. The molecule has 8 nitrogen and oxygen atoms in total. The van der Waals surface area contributed by atoms with E-state index in [0.717, 1.165) is 76.9 Å². The van der Waals surface area contributed by atoms with Crippen molar-refractivity contribution in [2.24, 2.45) is 12.5 Å². The first kappa shape index (κ1) is 27.1. The average Bonchev–Trinajstić information content (AvgIpc) is 3.67. The Balaban J connectivity index is 0.000000595. The maximum absolute atomic E-state index is 13.2. The zero-order valence-corrected chi connectivity index (χ0v) is 23.4. The number of anilines is 2. The van der Waals surface area contributed by atoms with Crippen molar-refractivity contribution in [3.05, 3.63) is 72.6 Å². The van der Waals surface area contributed by atoms with Gasteiger partial charge in [-0.2, -0.15) is 0 Å². The lowest BCUT2D eigenvalue weighted by atomic mass is 9.93. The van der Waals surface area contributed by atoms with Gasteiger partial charge in [0.05, 0.1) is 11.1 Å². The quantitative estimate of drug-likeness (QED) is 0.250. The summed E-state index contributed by atoms with van der Waals surface area (Å²) in [5.74, 6) is 0.567. The molecule has 2 aliphatic rings. The Hall–Kier alpha value is -4.46. The van der Waals surface area contributed by atoms with E-state index in [1.54, 1.807) is 6.92 Å². The molecule has 2 aromatic heterocycles. The second-order valence-corrected chi connectivity index (χ2v) is 10.9. The Morgan fingerprint density at radius 2 is 1.60 bits per heavy atom. The fourth-order valence-corrected chi connectivity index (χ4v) is 5.51. The number of likely N-dealkylation sites (tertiary alicyclic amines) is 1. The summed E-state index contributed by atoms with van der Waals surface area (Å²) in [6.07, 6.45) is 7.17. The highest BCUT2D eigenvalue weighted by molar-refractivity contribution is 6.08. The lowest BCUT2D eigenvalue weighted by Gasteiger charge is -2.32. The van der Waals surface area contributed by atoms with Crippen LogP contribution in [0.4, 0.5) is 11.5 Å². The number of nitrogens with two attached hydrogens (primary N) is 1. The normalized spacial score (nSPS) is 15.3. The summed E-state index contributed by atoms with van der Waals surface area (Å²) in [7, 11) is 3.91. The zero-order chi connectivity index (χ0) is 28.4. The number of nitrogens with one attached hydrogen (secondary N) is 1. The minimum Gasteiger partial charge on any atom is -0.388 e. The Labute approximate surface area is 234 Å². The predicted octanol–water partition coefficient (Wildman–Crippen LogP) is 5.70. The highest BCUT2D eigenvalue weighted by atomic mass is 16.2. The van der Waals surface area contributed by atoms with Crippen LogP contribution in [0.1, 0.15) is 43.0 Å². The van der Waals surface area contributed by atoms with E-state index in [9.17, 15) is 9.59 Å². The minimum absolute atomic E-state index is 0.121. The van der Waals surface area contributed by atoms with Crippen molar-refractivity contribution < 1.29 is 9.59 Å². The number of allylic oxidation sites excluding steroid dienone is 1. The fourth-order valence-electron chi connectivity index (χ4n) is 5.51. The summed E-state index contributed by atoms with van der Waals surface area (Å²) in [5.41, 5.74) is 14.1. The van der Waals surface area contributed by atoms with Crippen molar-refractivity contribution in [1.29, 1.82) is 0 Å². The number of piperidine rings is 1. The van der Waals surface area contributed by atoms with Gasteiger partial charge in [0, 0.05) is 44.0 Å². The molecule has 0 unspecified atom stereocenters. The number of aromatic nitrogens is 3. The molecule has 4 aromatic rings. The average molecular weight is 537 g/mol. The largest absolute Gasteiger partial charge is 0.388 e. The van der Waals surface area contributed by atoms with Crippen LogP contribution in [-0.4, -0.2) is 51.8 Å². The van der Waals surface area contributed by atoms with Crippen LogP contribution >= 0.6 is 0 Å². The third-order valence-electron chi connectivity index (χ3n) is 8.13. The number of benzene rings is 2. The van der Waals surface area contributed by atoms with Crippen LogP contribution in [0, 0.1) is 5.41 Å². The van der Waals surface area contributed by atoms with Crippen molar-refractivity contribution in [3.8, 4) is 22.4 Å². The Bertz CT molecular complexity index is 1560. The first-order chi connectivity index (χ1) is 19.3. The molecule has 8 heteroatoms. The van der Waals surface area contributed by atoms with Gasteiger partial charge in [0.2, 0.25) is 0 Å². The molecule has 6 rings (SSSR count). The number of amides is 1. The van der Waals surface area contributed by atoms with Gasteiger partial charge in [0.15, 0.2) is 0 Å². The molecule has 1 spiro atoms. The summed E-state index contributed by atoms with van der Waals surface area (Å²) in [6.45, 7) is 6.70. The Kier molecular flexibility index (Phi) is 7.43. The number of aryl methyl sites for hydroxylation is 1. The standard InChI is InChI=1S/C28H30N6O.C4H6O/c1-30-21-9-7-19(8-10-21)24-22(23-25(29)31-17-32-26(23)33(24)2)18-3-5-20(6-4-18)27(35)34-15-13-28(11-12-28)14-16-34;1-4(2)3-5/h3-10,17,30H,11-16H2,1-2H3,(H2,29,31,32);3H,1H2,2H3. The monoisotopic (exact) mass is 536 g/mol. The maximum Gasteiger partial charge on any atom is 0.253 e. The molecule has 1 aliphatic heterocycles. The molecule has 0 atom stereocenters. The molecule has 3 heterocycles. The second kappa shape index (κ2) is 11.0. The third kappa shape index (κ3) is 5.21. The molecule has 0 bridgehead atoms. The molecule has 206 valence electrons. The molecule has 2 aromatic carbocycles. The number of carbonyl (C=O) groups excluding carboxylic acids is 2. The van der Waals surface area contributed by atoms with E-state index in [1.807, 2.05) is 43.3 Å². The van der Waals surface area contributed by atoms with Crippen molar-refractivity contribution >= 4 is 34.7 Å². The molecule has 2 fully saturated rings. The first-order valence-corrected chi connectivity index (χ1v) is 13.6. The number of hydrogen-bond acceptors (Lipinski definition) is 6. The fraction of sp³-hybridized carbons (Fsp3) is 0.312. The van der Waals surface area contributed by atoms with Gasteiger partial charge in [-0.1, -0.05) is 30.8 Å². The lowest BCUT2D eigenvalue weighted by molar-refractivity contribution is -0.104. The number of aldehydes is 1. The van der Waals surface area contributed by atoms with Crippen LogP contribution in [0.3, 0.4) is 0 Å². The van der Waals surface area contributed by atoms with E-state index in [0.29, 0.717) is 16.8 Å². The molecule has 1 saturated carbocycles. The van der Waals surface area contributed by atoms with E-state index >= 15 is 0 Å².